The minimum Gasteiger partial charge on any atom is -0.497 e. The van der Waals surface area contributed by atoms with Crippen LogP contribution in [0.1, 0.15) is 25.0 Å². The predicted octanol–water partition coefficient (Wildman–Crippen LogP) is 3.94. The summed E-state index contributed by atoms with van der Waals surface area (Å²) < 4.78 is 11.5. The van der Waals surface area contributed by atoms with E-state index in [4.69, 9.17) is 9.47 Å². The highest BCUT2D eigenvalue weighted by Gasteiger charge is 2.06. The third kappa shape index (κ3) is 5.60. The fourth-order valence-electron chi connectivity index (χ4n) is 2.10. The second kappa shape index (κ2) is 9.22. The number of amides is 1. The van der Waals surface area contributed by atoms with Crippen LogP contribution >= 0.6 is 15.9 Å². The molecule has 1 amide bonds. The number of methoxy groups -OCH3 is 1. The molecule has 2 aromatic rings. The summed E-state index contributed by atoms with van der Waals surface area (Å²) in [5, 5.41) is 4.10. The van der Waals surface area contributed by atoms with Crippen molar-refractivity contribution in [3.8, 4) is 11.5 Å². The van der Waals surface area contributed by atoms with Gasteiger partial charge in [0.15, 0.2) is 6.61 Å². The normalized spacial score (nSPS) is 11.1. The Morgan fingerprint density at radius 2 is 1.92 bits per heavy atom. The summed E-state index contributed by atoms with van der Waals surface area (Å²) in [6.45, 7) is 3.80. The molecule has 0 atom stereocenters. The van der Waals surface area contributed by atoms with Crippen LogP contribution in [0.3, 0.4) is 0 Å². The van der Waals surface area contributed by atoms with Crippen molar-refractivity contribution in [2.24, 2.45) is 5.10 Å². The zero-order valence-corrected chi connectivity index (χ0v) is 16.1. The zero-order chi connectivity index (χ0) is 18.2. The van der Waals surface area contributed by atoms with Crippen molar-refractivity contribution in [1.82, 2.24) is 5.43 Å². The van der Waals surface area contributed by atoms with Crippen molar-refractivity contribution >= 4 is 27.5 Å². The molecular weight excluding hydrogens is 384 g/mol. The van der Waals surface area contributed by atoms with Gasteiger partial charge in [0.25, 0.3) is 5.91 Å². The molecule has 2 rings (SSSR count). The molecule has 6 heteroatoms. The van der Waals surface area contributed by atoms with Gasteiger partial charge in [0.05, 0.1) is 17.3 Å². The van der Waals surface area contributed by atoms with Crippen LogP contribution in [0.15, 0.2) is 52.0 Å². The first-order chi connectivity index (χ1) is 12.0. The third-order valence-corrected chi connectivity index (χ3v) is 4.24. The van der Waals surface area contributed by atoms with Crippen molar-refractivity contribution in [3.63, 3.8) is 0 Å². The van der Waals surface area contributed by atoms with Gasteiger partial charge >= 0.3 is 0 Å². The van der Waals surface area contributed by atoms with Gasteiger partial charge in [0, 0.05) is 0 Å². The Labute approximate surface area is 156 Å². The third-order valence-electron chi connectivity index (χ3n) is 3.62. The average molecular weight is 405 g/mol. The average Bonchev–Trinajstić information content (AvgIpc) is 2.65. The highest BCUT2D eigenvalue weighted by Crippen LogP contribution is 2.26. The van der Waals surface area contributed by atoms with E-state index in [9.17, 15) is 4.79 Å². The second-order valence-electron chi connectivity index (χ2n) is 5.37. The summed E-state index contributed by atoms with van der Waals surface area (Å²) in [5.41, 5.74) is 5.30. The van der Waals surface area contributed by atoms with E-state index in [0.717, 1.165) is 22.2 Å². The lowest BCUT2D eigenvalue weighted by atomic mass is 10.1. The number of ether oxygens (including phenoxy) is 2. The highest BCUT2D eigenvalue weighted by atomic mass is 79.9. The molecule has 0 radical (unpaired) electrons. The van der Waals surface area contributed by atoms with E-state index in [1.165, 1.54) is 5.56 Å². The summed E-state index contributed by atoms with van der Waals surface area (Å²) in [6, 6.07) is 13.3. The van der Waals surface area contributed by atoms with E-state index in [1.54, 1.807) is 7.11 Å². The van der Waals surface area contributed by atoms with Crippen LogP contribution in [0.2, 0.25) is 0 Å². The summed E-state index contributed by atoms with van der Waals surface area (Å²) >= 11 is 3.45. The van der Waals surface area contributed by atoms with E-state index in [0.29, 0.717) is 11.5 Å². The molecule has 0 saturated heterocycles. The van der Waals surface area contributed by atoms with Crippen LogP contribution in [0, 0.1) is 0 Å². The van der Waals surface area contributed by atoms with Gasteiger partial charge in [-0.25, -0.2) is 5.43 Å². The minimum absolute atomic E-state index is 0.108. The van der Waals surface area contributed by atoms with Crippen molar-refractivity contribution in [2.45, 2.75) is 20.3 Å². The number of aryl methyl sites for hydroxylation is 1. The van der Waals surface area contributed by atoms with Crippen LogP contribution < -0.4 is 14.9 Å². The number of hydrogen-bond donors (Lipinski definition) is 1. The first-order valence-electron chi connectivity index (χ1n) is 7.92. The van der Waals surface area contributed by atoms with E-state index in [2.05, 4.69) is 33.4 Å². The largest absolute Gasteiger partial charge is 0.497 e. The minimum atomic E-state index is -0.320. The van der Waals surface area contributed by atoms with Gasteiger partial charge in [-0.05, 0) is 76.8 Å². The van der Waals surface area contributed by atoms with Gasteiger partial charge in [0.2, 0.25) is 0 Å². The smallest absolute Gasteiger partial charge is 0.277 e. The van der Waals surface area contributed by atoms with Crippen molar-refractivity contribution in [2.75, 3.05) is 13.7 Å². The molecule has 0 bridgehead atoms. The second-order valence-corrected chi connectivity index (χ2v) is 6.22. The summed E-state index contributed by atoms with van der Waals surface area (Å²) in [4.78, 5) is 11.9. The lowest BCUT2D eigenvalue weighted by molar-refractivity contribution is -0.123. The standard InChI is InChI=1S/C19H21BrN2O3/c1-4-14-5-10-18(17(20)11-14)25-12-19(23)22-21-13(2)15-6-8-16(24-3)9-7-15/h5-11H,4,12H2,1-3H3,(H,22,23)/b21-13-. The van der Waals surface area contributed by atoms with Crippen LogP contribution in [-0.4, -0.2) is 25.3 Å². The maximum absolute atomic E-state index is 11.9. The van der Waals surface area contributed by atoms with Crippen molar-refractivity contribution in [1.29, 1.82) is 0 Å². The Balaban J connectivity index is 1.89. The van der Waals surface area contributed by atoms with Gasteiger partial charge in [-0.15, -0.1) is 0 Å². The van der Waals surface area contributed by atoms with Gasteiger partial charge in [-0.3, -0.25) is 4.79 Å². The Bertz CT molecular complexity index is 758. The lowest BCUT2D eigenvalue weighted by Crippen LogP contribution is -2.25. The fourth-order valence-corrected chi connectivity index (χ4v) is 2.64. The zero-order valence-electron chi connectivity index (χ0n) is 14.5. The Hall–Kier alpha value is -2.34. The molecule has 0 saturated carbocycles. The highest BCUT2D eigenvalue weighted by molar-refractivity contribution is 9.10. The molecule has 0 spiro atoms. The molecule has 0 fully saturated rings. The van der Waals surface area contributed by atoms with Gasteiger partial charge in [-0.2, -0.15) is 5.10 Å². The van der Waals surface area contributed by atoms with E-state index in [-0.39, 0.29) is 12.5 Å². The maximum atomic E-state index is 11.9. The molecule has 132 valence electrons. The van der Waals surface area contributed by atoms with Crippen LogP contribution in [0.25, 0.3) is 0 Å². The van der Waals surface area contributed by atoms with Gasteiger partial charge in [-0.1, -0.05) is 13.0 Å². The predicted molar refractivity (Wildman–Crippen MR) is 102 cm³/mol. The molecular formula is C19H21BrN2O3. The molecule has 1 N–H and O–H groups in total. The molecule has 0 unspecified atom stereocenters. The van der Waals surface area contributed by atoms with Crippen LogP contribution in [-0.2, 0) is 11.2 Å². The van der Waals surface area contributed by atoms with Gasteiger partial charge < -0.3 is 9.47 Å². The number of carbonyl (C=O) groups is 1. The molecule has 0 aliphatic carbocycles. The van der Waals surface area contributed by atoms with E-state index >= 15 is 0 Å². The summed E-state index contributed by atoms with van der Waals surface area (Å²) in [7, 11) is 1.62. The lowest BCUT2D eigenvalue weighted by Gasteiger charge is -2.09. The van der Waals surface area contributed by atoms with Gasteiger partial charge in [0.1, 0.15) is 11.5 Å². The Morgan fingerprint density at radius 3 is 2.52 bits per heavy atom. The van der Waals surface area contributed by atoms with Crippen LogP contribution in [0.5, 0.6) is 11.5 Å². The number of hydrazone groups is 1. The number of benzene rings is 2. The fraction of sp³-hybridized carbons (Fsp3) is 0.263. The maximum Gasteiger partial charge on any atom is 0.277 e. The summed E-state index contributed by atoms with van der Waals surface area (Å²) in [5.74, 6) is 1.08. The topological polar surface area (TPSA) is 59.9 Å². The first-order valence-corrected chi connectivity index (χ1v) is 8.71. The molecule has 25 heavy (non-hydrogen) atoms. The number of halogens is 1. The number of hydrogen-bond acceptors (Lipinski definition) is 4. The van der Waals surface area contributed by atoms with Crippen molar-refractivity contribution in [3.05, 3.63) is 58.1 Å². The Morgan fingerprint density at radius 1 is 1.20 bits per heavy atom. The van der Waals surface area contributed by atoms with E-state index in [1.807, 2.05) is 49.4 Å². The summed E-state index contributed by atoms with van der Waals surface area (Å²) in [6.07, 6.45) is 0.943. The van der Waals surface area contributed by atoms with Crippen molar-refractivity contribution < 1.29 is 14.3 Å². The number of carbonyl (C=O) groups excluding carboxylic acids is 1. The number of nitrogens with one attached hydrogen (secondary N) is 1. The SMILES string of the molecule is CCc1ccc(OCC(=O)N/N=C(/C)c2ccc(OC)cc2)c(Br)c1. The number of rotatable bonds is 7. The van der Waals surface area contributed by atoms with Crippen LogP contribution in [0.4, 0.5) is 0 Å². The number of nitrogens with zero attached hydrogens (tertiary/aromatic N) is 1. The quantitative estimate of drug-likeness (QED) is 0.561. The molecule has 0 aliphatic rings. The molecule has 0 aliphatic heterocycles. The molecule has 0 aromatic heterocycles. The first kappa shape index (κ1) is 19.0. The monoisotopic (exact) mass is 404 g/mol. The van der Waals surface area contributed by atoms with E-state index < -0.39 is 0 Å². The Kier molecular flexibility index (Phi) is 7.01. The molecule has 0 heterocycles. The molecule has 5 nitrogen and oxygen atoms in total. The molecule has 2 aromatic carbocycles.